The van der Waals surface area contributed by atoms with Crippen molar-refractivity contribution in [2.24, 2.45) is 5.92 Å². The van der Waals surface area contributed by atoms with Crippen LogP contribution in [0.3, 0.4) is 0 Å². The minimum atomic E-state index is -3.01. The minimum absolute atomic E-state index is 0.0435. The monoisotopic (exact) mass is 310 g/mol. The van der Waals surface area contributed by atoms with E-state index in [0.29, 0.717) is 18.5 Å². The van der Waals surface area contributed by atoms with Gasteiger partial charge in [0.1, 0.15) is 0 Å². The highest BCUT2D eigenvalue weighted by atomic mass is 32.2. The van der Waals surface area contributed by atoms with E-state index in [-0.39, 0.29) is 23.5 Å². The Labute approximate surface area is 123 Å². The quantitative estimate of drug-likeness (QED) is 0.857. The number of nitrogens with one attached hydrogen (secondary N) is 1. The van der Waals surface area contributed by atoms with Gasteiger partial charge in [-0.25, -0.2) is 13.2 Å². The van der Waals surface area contributed by atoms with Crippen molar-refractivity contribution < 1.29 is 18.3 Å². The molecule has 1 fully saturated rings. The number of aliphatic hydroxyl groups is 1. The van der Waals surface area contributed by atoms with E-state index in [1.54, 1.807) is 24.1 Å². The summed E-state index contributed by atoms with van der Waals surface area (Å²) in [7, 11) is -1.31. The van der Waals surface area contributed by atoms with Crippen LogP contribution >= 0.6 is 0 Å². The van der Waals surface area contributed by atoms with Crippen LogP contribution in [0.5, 0.6) is 0 Å². The highest BCUT2D eigenvalue weighted by Crippen LogP contribution is 2.33. The molecule has 3 rings (SSSR count). The number of hydrogen-bond acceptors (Lipinski definition) is 4. The molecular formula is C14H18N2O4S. The Balaban J connectivity index is 1.84. The molecule has 2 atom stereocenters. The maximum absolute atomic E-state index is 11.6. The van der Waals surface area contributed by atoms with E-state index < -0.39 is 15.9 Å². The van der Waals surface area contributed by atoms with Crippen molar-refractivity contribution in [3.05, 3.63) is 29.3 Å². The fourth-order valence-corrected chi connectivity index (χ4v) is 4.76. The zero-order valence-corrected chi connectivity index (χ0v) is 12.6. The average Bonchev–Trinajstić information content (AvgIpc) is 2.79. The summed E-state index contributed by atoms with van der Waals surface area (Å²) in [5.41, 5.74) is 2.38. The summed E-state index contributed by atoms with van der Waals surface area (Å²) in [6.45, 7) is 0.477. The van der Waals surface area contributed by atoms with Gasteiger partial charge in [-0.2, -0.15) is 0 Å². The van der Waals surface area contributed by atoms with Gasteiger partial charge in [-0.15, -0.1) is 0 Å². The molecule has 1 aromatic carbocycles. The third-order valence-electron chi connectivity index (χ3n) is 4.18. The molecule has 2 heterocycles. The van der Waals surface area contributed by atoms with Gasteiger partial charge in [-0.1, -0.05) is 6.07 Å². The maximum atomic E-state index is 11.6. The second-order valence-corrected chi connectivity index (χ2v) is 8.04. The Bertz CT molecular complexity index is 686. The molecule has 2 N–H and O–H groups in total. The van der Waals surface area contributed by atoms with Crippen LogP contribution in [0.25, 0.3) is 0 Å². The zero-order chi connectivity index (χ0) is 15.2. The first-order valence-electron chi connectivity index (χ1n) is 6.89. The molecule has 0 spiro atoms. The number of rotatable bonds is 2. The normalized spacial score (nSPS) is 25.3. The van der Waals surface area contributed by atoms with Gasteiger partial charge in [0.05, 0.1) is 17.6 Å². The molecule has 0 bridgehead atoms. The lowest BCUT2D eigenvalue weighted by molar-refractivity contribution is 0.121. The van der Waals surface area contributed by atoms with Crippen LogP contribution in [-0.4, -0.2) is 43.0 Å². The highest BCUT2D eigenvalue weighted by Gasteiger charge is 2.34. The molecule has 2 aliphatic rings. The molecular weight excluding hydrogens is 292 g/mol. The van der Waals surface area contributed by atoms with E-state index in [4.69, 9.17) is 0 Å². The molecule has 7 heteroatoms. The first kappa shape index (κ1) is 14.3. The standard InChI is InChI=1S/C14H18N2O4S/c1-16-7-11-6-9(2-3-12(11)15-14(16)18)13(17)10-4-5-21(19,20)8-10/h2-3,6,10,13,17H,4-5,7-8H2,1H3,(H,15,18). The molecule has 0 saturated carbocycles. The van der Waals surface area contributed by atoms with Gasteiger partial charge in [0, 0.05) is 25.2 Å². The summed E-state index contributed by atoms with van der Waals surface area (Å²) < 4.78 is 23.0. The summed E-state index contributed by atoms with van der Waals surface area (Å²) in [6.07, 6.45) is -0.285. The maximum Gasteiger partial charge on any atom is 0.321 e. The summed E-state index contributed by atoms with van der Waals surface area (Å²) in [5.74, 6) is -0.0515. The second kappa shape index (κ2) is 4.99. The van der Waals surface area contributed by atoms with Crippen LogP contribution in [0.4, 0.5) is 10.5 Å². The van der Waals surface area contributed by atoms with E-state index >= 15 is 0 Å². The molecule has 2 aliphatic heterocycles. The van der Waals surface area contributed by atoms with Crippen LogP contribution in [0, 0.1) is 5.92 Å². The number of amides is 2. The largest absolute Gasteiger partial charge is 0.388 e. The molecule has 0 aromatic heterocycles. The number of urea groups is 1. The predicted molar refractivity (Wildman–Crippen MR) is 78.6 cm³/mol. The van der Waals surface area contributed by atoms with Crippen LogP contribution in [-0.2, 0) is 16.4 Å². The number of hydrogen-bond donors (Lipinski definition) is 2. The number of fused-ring (bicyclic) bond motifs is 1. The van der Waals surface area contributed by atoms with Crippen molar-refractivity contribution in [3.63, 3.8) is 0 Å². The topological polar surface area (TPSA) is 86.7 Å². The molecule has 2 unspecified atom stereocenters. The summed E-state index contributed by atoms with van der Waals surface area (Å²) in [5, 5.41) is 13.2. The smallest absolute Gasteiger partial charge is 0.321 e. The van der Waals surface area contributed by atoms with Gasteiger partial charge in [0.25, 0.3) is 0 Å². The number of sulfone groups is 1. The molecule has 1 saturated heterocycles. The van der Waals surface area contributed by atoms with E-state index in [9.17, 15) is 18.3 Å². The van der Waals surface area contributed by atoms with Gasteiger partial charge >= 0.3 is 6.03 Å². The summed E-state index contributed by atoms with van der Waals surface area (Å²) in [4.78, 5) is 13.1. The van der Waals surface area contributed by atoms with Gasteiger partial charge in [-0.3, -0.25) is 0 Å². The van der Waals surface area contributed by atoms with Gasteiger partial charge in [-0.05, 0) is 29.7 Å². The highest BCUT2D eigenvalue weighted by molar-refractivity contribution is 7.91. The molecule has 6 nitrogen and oxygen atoms in total. The van der Waals surface area contributed by atoms with Gasteiger partial charge in [0.2, 0.25) is 0 Å². The summed E-state index contributed by atoms with van der Waals surface area (Å²) in [6, 6.07) is 5.21. The Morgan fingerprint density at radius 3 is 2.86 bits per heavy atom. The number of aliphatic hydroxyl groups excluding tert-OH is 1. The molecule has 1 aromatic rings. The van der Waals surface area contributed by atoms with E-state index in [2.05, 4.69) is 5.32 Å². The number of carbonyl (C=O) groups excluding carboxylic acids is 1. The van der Waals surface area contributed by atoms with Crippen molar-refractivity contribution in [2.45, 2.75) is 19.1 Å². The van der Waals surface area contributed by atoms with Gasteiger partial charge in [0.15, 0.2) is 9.84 Å². The van der Waals surface area contributed by atoms with Gasteiger partial charge < -0.3 is 15.3 Å². The Hall–Kier alpha value is -1.60. The van der Waals surface area contributed by atoms with E-state index in [0.717, 1.165) is 11.3 Å². The van der Waals surface area contributed by atoms with Crippen LogP contribution in [0.2, 0.25) is 0 Å². The first-order chi connectivity index (χ1) is 9.85. The van der Waals surface area contributed by atoms with Crippen molar-refractivity contribution in [3.8, 4) is 0 Å². The van der Waals surface area contributed by atoms with Crippen LogP contribution in [0.15, 0.2) is 18.2 Å². The Kier molecular flexibility index (Phi) is 3.41. The zero-order valence-electron chi connectivity index (χ0n) is 11.7. The Morgan fingerprint density at radius 1 is 1.43 bits per heavy atom. The van der Waals surface area contributed by atoms with Crippen molar-refractivity contribution in [1.82, 2.24) is 4.90 Å². The average molecular weight is 310 g/mol. The fraction of sp³-hybridized carbons (Fsp3) is 0.500. The minimum Gasteiger partial charge on any atom is -0.388 e. The predicted octanol–water partition coefficient (Wildman–Crippen LogP) is 1.13. The number of anilines is 1. The fourth-order valence-electron chi connectivity index (χ4n) is 2.93. The SMILES string of the molecule is CN1Cc2cc(C(O)C3CCS(=O)(=O)C3)ccc2NC1=O. The molecule has 0 aliphatic carbocycles. The van der Waals surface area contributed by atoms with Crippen LogP contribution in [0.1, 0.15) is 23.7 Å². The molecule has 21 heavy (non-hydrogen) atoms. The third kappa shape index (κ3) is 2.75. The molecule has 0 radical (unpaired) electrons. The second-order valence-electron chi connectivity index (χ2n) is 5.81. The third-order valence-corrected chi connectivity index (χ3v) is 5.97. The number of nitrogens with zero attached hydrogens (tertiary/aromatic N) is 1. The lowest BCUT2D eigenvalue weighted by atomic mass is 9.93. The summed E-state index contributed by atoms with van der Waals surface area (Å²) >= 11 is 0. The van der Waals surface area contributed by atoms with Crippen molar-refractivity contribution in [1.29, 1.82) is 0 Å². The van der Waals surface area contributed by atoms with Crippen LogP contribution < -0.4 is 5.32 Å². The molecule has 2 amide bonds. The van der Waals surface area contributed by atoms with Crippen molar-refractivity contribution in [2.75, 3.05) is 23.9 Å². The lowest BCUT2D eigenvalue weighted by Crippen LogP contribution is -2.35. The van der Waals surface area contributed by atoms with E-state index in [1.165, 1.54) is 0 Å². The number of benzene rings is 1. The first-order valence-corrected chi connectivity index (χ1v) is 8.71. The Morgan fingerprint density at radius 2 is 2.19 bits per heavy atom. The lowest BCUT2D eigenvalue weighted by Gasteiger charge is -2.27. The van der Waals surface area contributed by atoms with E-state index in [1.807, 2.05) is 6.07 Å². The van der Waals surface area contributed by atoms with Crippen molar-refractivity contribution >= 4 is 21.6 Å². The number of carbonyl (C=O) groups is 1. The molecule has 114 valence electrons.